The zero-order chi connectivity index (χ0) is 26.4. The summed E-state index contributed by atoms with van der Waals surface area (Å²) in [5.74, 6) is 0.920. The van der Waals surface area contributed by atoms with Gasteiger partial charge in [0, 0.05) is 12.1 Å². The molecule has 1 heterocycles. The molecule has 3 aromatic carbocycles. The molecule has 4 rings (SSSR count). The van der Waals surface area contributed by atoms with Crippen LogP contribution < -0.4 is 24.4 Å². The molecule has 0 saturated carbocycles. The van der Waals surface area contributed by atoms with Gasteiger partial charge < -0.3 is 29.2 Å². The molecule has 2 amide bonds. The van der Waals surface area contributed by atoms with E-state index < -0.39 is 5.97 Å². The first-order valence-electron chi connectivity index (χ1n) is 11.7. The number of methoxy groups -OCH3 is 3. The van der Waals surface area contributed by atoms with Crippen LogP contribution in [-0.2, 0) is 27.3 Å². The number of hydrogen-bond donors (Lipinski definition) is 1. The van der Waals surface area contributed by atoms with Gasteiger partial charge in [0.15, 0.2) is 18.1 Å². The van der Waals surface area contributed by atoms with Crippen molar-refractivity contribution in [3.05, 3.63) is 77.4 Å². The van der Waals surface area contributed by atoms with Crippen LogP contribution in [-0.4, -0.2) is 45.7 Å². The molecular weight excluding hydrogens is 476 g/mol. The maximum Gasteiger partial charge on any atom is 0.337 e. The first kappa shape index (κ1) is 25.6. The smallest absolute Gasteiger partial charge is 0.337 e. The van der Waals surface area contributed by atoms with E-state index in [-0.39, 0.29) is 31.4 Å². The third-order valence-corrected chi connectivity index (χ3v) is 5.96. The summed E-state index contributed by atoms with van der Waals surface area (Å²) in [5, 5.41) is 2.89. The number of anilines is 2. The highest BCUT2D eigenvalue weighted by Crippen LogP contribution is 2.36. The van der Waals surface area contributed by atoms with E-state index in [4.69, 9.17) is 18.9 Å². The lowest BCUT2D eigenvalue weighted by molar-refractivity contribution is -0.121. The zero-order valence-corrected chi connectivity index (χ0v) is 20.9. The Bertz CT molecular complexity index is 1320. The van der Waals surface area contributed by atoms with Crippen molar-refractivity contribution in [1.82, 2.24) is 0 Å². The first-order chi connectivity index (χ1) is 17.9. The summed E-state index contributed by atoms with van der Waals surface area (Å²) in [4.78, 5) is 38.9. The Labute approximate surface area is 214 Å². The predicted octanol–water partition coefficient (Wildman–Crippen LogP) is 3.99. The summed E-state index contributed by atoms with van der Waals surface area (Å²) in [6, 6.07) is 17.6. The highest BCUT2D eigenvalue weighted by Gasteiger charge is 2.26. The van der Waals surface area contributed by atoms with Crippen LogP contribution in [0.3, 0.4) is 0 Å². The van der Waals surface area contributed by atoms with E-state index >= 15 is 0 Å². The standard InChI is InChI=1S/C28H28N2O7/c1-34-24-10-7-18(14-25(24)35-2)8-12-26(31)29-21-9-11-23-22(15-21)30(27(32)17-37-23)16-19-5-4-6-20(13-19)28(33)36-3/h4-7,9-11,13-15H,8,12,16-17H2,1-3H3,(H,29,31). The Morgan fingerprint density at radius 1 is 0.946 bits per heavy atom. The molecule has 0 spiro atoms. The van der Waals surface area contributed by atoms with Crippen molar-refractivity contribution >= 4 is 29.2 Å². The van der Waals surface area contributed by atoms with Crippen LogP contribution in [0.1, 0.15) is 27.9 Å². The van der Waals surface area contributed by atoms with Gasteiger partial charge >= 0.3 is 5.97 Å². The number of fused-ring (bicyclic) bond motifs is 1. The monoisotopic (exact) mass is 504 g/mol. The van der Waals surface area contributed by atoms with Gasteiger partial charge in [-0.3, -0.25) is 9.59 Å². The Morgan fingerprint density at radius 2 is 1.76 bits per heavy atom. The molecular formula is C28H28N2O7. The Morgan fingerprint density at radius 3 is 2.51 bits per heavy atom. The van der Waals surface area contributed by atoms with Crippen LogP contribution in [0.4, 0.5) is 11.4 Å². The molecule has 37 heavy (non-hydrogen) atoms. The van der Waals surface area contributed by atoms with Crippen molar-refractivity contribution in [2.75, 3.05) is 38.2 Å². The molecule has 0 aromatic heterocycles. The number of rotatable bonds is 9. The number of carbonyl (C=O) groups is 3. The molecule has 0 saturated heterocycles. The number of hydrogen-bond acceptors (Lipinski definition) is 7. The van der Waals surface area contributed by atoms with Gasteiger partial charge in [-0.05, 0) is 60.0 Å². The maximum absolute atomic E-state index is 12.7. The highest BCUT2D eigenvalue weighted by molar-refractivity contribution is 5.99. The van der Waals surface area contributed by atoms with Crippen LogP contribution in [0.5, 0.6) is 17.2 Å². The largest absolute Gasteiger partial charge is 0.493 e. The molecule has 0 fully saturated rings. The highest BCUT2D eigenvalue weighted by atomic mass is 16.5. The number of nitrogens with one attached hydrogen (secondary N) is 1. The van der Waals surface area contributed by atoms with Crippen molar-refractivity contribution in [3.8, 4) is 17.2 Å². The minimum Gasteiger partial charge on any atom is -0.493 e. The van der Waals surface area contributed by atoms with Crippen molar-refractivity contribution in [2.45, 2.75) is 19.4 Å². The Balaban J connectivity index is 1.46. The molecule has 0 unspecified atom stereocenters. The average molecular weight is 505 g/mol. The number of ether oxygens (including phenoxy) is 4. The molecule has 192 valence electrons. The minimum atomic E-state index is -0.450. The number of aryl methyl sites for hydroxylation is 1. The van der Waals surface area contributed by atoms with Gasteiger partial charge in [0.25, 0.3) is 5.91 Å². The molecule has 1 N–H and O–H groups in total. The van der Waals surface area contributed by atoms with Crippen LogP contribution in [0.15, 0.2) is 60.7 Å². The topological polar surface area (TPSA) is 103 Å². The van der Waals surface area contributed by atoms with Crippen LogP contribution in [0.2, 0.25) is 0 Å². The first-order valence-corrected chi connectivity index (χ1v) is 11.7. The van der Waals surface area contributed by atoms with E-state index in [9.17, 15) is 14.4 Å². The third kappa shape index (κ3) is 6.00. The summed E-state index contributed by atoms with van der Waals surface area (Å²) in [5.41, 5.74) is 3.18. The van der Waals surface area contributed by atoms with Gasteiger partial charge in [0.05, 0.1) is 39.1 Å². The van der Waals surface area contributed by atoms with E-state index in [1.165, 1.54) is 7.11 Å². The SMILES string of the molecule is COC(=O)c1cccc(CN2C(=O)COc3ccc(NC(=O)CCc4ccc(OC)c(OC)c4)cc32)c1. The lowest BCUT2D eigenvalue weighted by Crippen LogP contribution is -2.38. The van der Waals surface area contributed by atoms with Crippen molar-refractivity contribution in [2.24, 2.45) is 0 Å². The van der Waals surface area contributed by atoms with E-state index in [0.29, 0.717) is 40.6 Å². The fourth-order valence-corrected chi connectivity index (χ4v) is 4.07. The molecule has 9 heteroatoms. The summed E-state index contributed by atoms with van der Waals surface area (Å²) < 4.78 is 21.0. The number of esters is 1. The average Bonchev–Trinajstić information content (AvgIpc) is 2.93. The summed E-state index contributed by atoms with van der Waals surface area (Å²) >= 11 is 0. The quantitative estimate of drug-likeness (QED) is 0.440. The molecule has 3 aromatic rings. The minimum absolute atomic E-state index is 0.0965. The molecule has 0 bridgehead atoms. The Hall–Kier alpha value is -4.53. The van der Waals surface area contributed by atoms with Gasteiger partial charge in [0.2, 0.25) is 5.91 Å². The van der Waals surface area contributed by atoms with E-state index in [1.54, 1.807) is 55.5 Å². The van der Waals surface area contributed by atoms with Crippen molar-refractivity contribution < 1.29 is 33.3 Å². The van der Waals surface area contributed by atoms with Crippen molar-refractivity contribution in [1.29, 1.82) is 0 Å². The summed E-state index contributed by atoms with van der Waals surface area (Å²) in [7, 11) is 4.46. The van der Waals surface area contributed by atoms with Gasteiger partial charge in [-0.2, -0.15) is 0 Å². The molecule has 9 nitrogen and oxygen atoms in total. The van der Waals surface area contributed by atoms with Crippen LogP contribution in [0, 0.1) is 0 Å². The molecule has 1 aliphatic rings. The van der Waals surface area contributed by atoms with E-state index in [1.807, 2.05) is 24.3 Å². The van der Waals surface area contributed by atoms with Crippen molar-refractivity contribution in [3.63, 3.8) is 0 Å². The zero-order valence-electron chi connectivity index (χ0n) is 20.9. The van der Waals surface area contributed by atoms with Gasteiger partial charge in [0.1, 0.15) is 5.75 Å². The lowest BCUT2D eigenvalue weighted by atomic mass is 10.1. The second-order valence-electron chi connectivity index (χ2n) is 8.38. The predicted molar refractivity (Wildman–Crippen MR) is 137 cm³/mol. The Kier molecular flexibility index (Phi) is 7.92. The number of amides is 2. The normalized spacial score (nSPS) is 12.3. The lowest BCUT2D eigenvalue weighted by Gasteiger charge is -2.30. The van der Waals surface area contributed by atoms with Crippen LogP contribution >= 0.6 is 0 Å². The van der Waals surface area contributed by atoms with E-state index in [2.05, 4.69) is 5.32 Å². The van der Waals surface area contributed by atoms with Gasteiger partial charge in [-0.1, -0.05) is 18.2 Å². The van der Waals surface area contributed by atoms with Crippen LogP contribution in [0.25, 0.3) is 0 Å². The number of nitrogens with zero attached hydrogens (tertiary/aromatic N) is 1. The second kappa shape index (κ2) is 11.5. The number of carbonyl (C=O) groups excluding carboxylic acids is 3. The fraction of sp³-hybridized carbons (Fsp3) is 0.250. The van der Waals surface area contributed by atoms with Gasteiger partial charge in [-0.15, -0.1) is 0 Å². The van der Waals surface area contributed by atoms with E-state index in [0.717, 1.165) is 11.1 Å². The van der Waals surface area contributed by atoms with Gasteiger partial charge in [-0.25, -0.2) is 4.79 Å². The third-order valence-electron chi connectivity index (χ3n) is 5.96. The molecule has 1 aliphatic heterocycles. The molecule has 0 aliphatic carbocycles. The fourth-order valence-electron chi connectivity index (χ4n) is 4.07. The molecule has 0 atom stereocenters. The summed E-state index contributed by atoms with van der Waals surface area (Å²) in [6.45, 7) is 0.136. The second-order valence-corrected chi connectivity index (χ2v) is 8.38. The summed E-state index contributed by atoms with van der Waals surface area (Å²) in [6.07, 6.45) is 0.771. The molecule has 0 radical (unpaired) electrons. The maximum atomic E-state index is 12.7. The number of benzene rings is 3.